The Bertz CT molecular complexity index is 839. The molecule has 1 unspecified atom stereocenters. The van der Waals surface area contributed by atoms with Crippen LogP contribution in [0.15, 0.2) is 36.7 Å². The van der Waals surface area contributed by atoms with E-state index in [-0.39, 0.29) is 11.6 Å². The van der Waals surface area contributed by atoms with Crippen LogP contribution in [-0.4, -0.2) is 44.3 Å². The van der Waals surface area contributed by atoms with E-state index < -0.39 is 21.9 Å². The van der Waals surface area contributed by atoms with E-state index in [4.69, 9.17) is 4.74 Å². The van der Waals surface area contributed by atoms with Crippen molar-refractivity contribution in [3.05, 3.63) is 48.0 Å². The first-order valence-electron chi connectivity index (χ1n) is 8.32. The molecular weight excluding hydrogens is 359 g/mol. The van der Waals surface area contributed by atoms with Crippen molar-refractivity contribution in [2.75, 3.05) is 35.6 Å². The number of nitrogens with zero attached hydrogens (tertiary/aromatic N) is 3. The second-order valence-corrected chi connectivity index (χ2v) is 7.88. The quantitative estimate of drug-likeness (QED) is 0.794. The normalized spacial score (nSPS) is 15.8. The highest BCUT2D eigenvalue weighted by atomic mass is 32.2. The minimum atomic E-state index is -3.73. The van der Waals surface area contributed by atoms with Crippen LogP contribution in [0.2, 0.25) is 0 Å². The van der Waals surface area contributed by atoms with Crippen LogP contribution in [-0.2, 0) is 14.8 Å². The van der Waals surface area contributed by atoms with Gasteiger partial charge in [-0.1, -0.05) is 12.1 Å². The lowest BCUT2D eigenvalue weighted by atomic mass is 10.1. The summed E-state index contributed by atoms with van der Waals surface area (Å²) in [5.41, 5.74) is 0.580. The number of nitrogens with one attached hydrogen (secondary N) is 1. The Labute approximate surface area is 152 Å². The summed E-state index contributed by atoms with van der Waals surface area (Å²) in [6.07, 6.45) is 4.45. The molecule has 1 aliphatic heterocycles. The Morgan fingerprint density at radius 1 is 1.23 bits per heavy atom. The summed E-state index contributed by atoms with van der Waals surface area (Å²) in [5.74, 6) is 0.122. The third kappa shape index (κ3) is 4.67. The fourth-order valence-electron chi connectivity index (χ4n) is 2.88. The highest BCUT2D eigenvalue weighted by molar-refractivity contribution is 7.92. The minimum absolute atomic E-state index is 0.170. The van der Waals surface area contributed by atoms with Gasteiger partial charge in [-0.15, -0.1) is 0 Å². The summed E-state index contributed by atoms with van der Waals surface area (Å²) in [6.45, 7) is 1.78. The number of rotatable bonds is 7. The Morgan fingerprint density at radius 3 is 2.58 bits per heavy atom. The number of methoxy groups -OCH3 is 1. The number of hydrogen-bond acceptors (Lipinski definition) is 6. The van der Waals surface area contributed by atoms with Crippen molar-refractivity contribution in [2.24, 2.45) is 0 Å². The molecular formula is C17H21FN4O3S. The largest absolute Gasteiger partial charge is 0.376 e. The summed E-state index contributed by atoms with van der Waals surface area (Å²) >= 11 is 0. The molecule has 9 heteroatoms. The lowest BCUT2D eigenvalue weighted by Gasteiger charge is -2.18. The van der Waals surface area contributed by atoms with Gasteiger partial charge in [0.1, 0.15) is 11.6 Å². The highest BCUT2D eigenvalue weighted by Gasteiger charge is 2.22. The zero-order valence-corrected chi connectivity index (χ0v) is 15.2. The highest BCUT2D eigenvalue weighted by Crippen LogP contribution is 2.22. The monoisotopic (exact) mass is 380 g/mol. The first kappa shape index (κ1) is 18.5. The molecule has 1 aliphatic rings. The van der Waals surface area contributed by atoms with E-state index in [0.717, 1.165) is 25.9 Å². The molecule has 0 bridgehead atoms. The van der Waals surface area contributed by atoms with Crippen LogP contribution in [0, 0.1) is 5.82 Å². The van der Waals surface area contributed by atoms with Gasteiger partial charge in [0, 0.05) is 20.2 Å². The van der Waals surface area contributed by atoms with Crippen molar-refractivity contribution in [3.8, 4) is 0 Å². The summed E-state index contributed by atoms with van der Waals surface area (Å²) < 4.78 is 45.8. The summed E-state index contributed by atoms with van der Waals surface area (Å²) in [7, 11) is -2.32. The Balaban J connectivity index is 1.71. The molecule has 1 aromatic carbocycles. The van der Waals surface area contributed by atoms with Gasteiger partial charge in [0.05, 0.1) is 24.3 Å². The maximum atomic E-state index is 13.1. The van der Waals surface area contributed by atoms with Gasteiger partial charge in [0.25, 0.3) is 0 Å². The van der Waals surface area contributed by atoms with Gasteiger partial charge in [-0.05, 0) is 30.5 Å². The first-order valence-corrected chi connectivity index (χ1v) is 9.98. The van der Waals surface area contributed by atoms with Crippen molar-refractivity contribution in [3.63, 3.8) is 0 Å². The van der Waals surface area contributed by atoms with Gasteiger partial charge < -0.3 is 9.64 Å². The molecule has 1 saturated heterocycles. The third-order valence-corrected chi connectivity index (χ3v) is 5.47. The molecule has 26 heavy (non-hydrogen) atoms. The zero-order valence-electron chi connectivity index (χ0n) is 14.4. The van der Waals surface area contributed by atoms with Gasteiger partial charge in [-0.3, -0.25) is 9.71 Å². The molecule has 1 aromatic heterocycles. The summed E-state index contributed by atoms with van der Waals surface area (Å²) in [6, 6.07) is 5.55. The van der Waals surface area contributed by atoms with Crippen LogP contribution in [0.3, 0.4) is 0 Å². The number of sulfonamides is 1. The molecule has 1 fully saturated rings. The lowest BCUT2D eigenvalue weighted by Crippen LogP contribution is -2.24. The zero-order chi connectivity index (χ0) is 18.6. The van der Waals surface area contributed by atoms with Gasteiger partial charge in [-0.25, -0.2) is 17.8 Å². The number of ether oxygens (including phenoxy) is 1. The van der Waals surface area contributed by atoms with Crippen LogP contribution in [0.5, 0.6) is 0 Å². The van der Waals surface area contributed by atoms with E-state index in [1.54, 1.807) is 6.20 Å². The van der Waals surface area contributed by atoms with E-state index in [2.05, 4.69) is 19.6 Å². The molecule has 1 atom stereocenters. The van der Waals surface area contributed by atoms with Crippen LogP contribution < -0.4 is 9.62 Å². The molecule has 2 aromatic rings. The molecule has 0 amide bonds. The first-order chi connectivity index (χ1) is 12.5. The molecule has 0 aliphatic carbocycles. The van der Waals surface area contributed by atoms with E-state index in [1.807, 2.05) is 0 Å². The predicted molar refractivity (Wildman–Crippen MR) is 97.0 cm³/mol. The average Bonchev–Trinajstić information content (AvgIpc) is 3.15. The number of hydrogen-bond donors (Lipinski definition) is 1. The minimum Gasteiger partial charge on any atom is -0.376 e. The molecule has 140 valence electrons. The molecule has 7 nitrogen and oxygen atoms in total. The standard InChI is InChI=1S/C17H21FN4O3S/c1-25-15(13-4-6-14(18)7-5-13)12-26(23,24)21-16-10-19-11-17(20-16)22-8-2-3-9-22/h4-7,10-11,15H,2-3,8-9,12H2,1H3,(H,20,21). The molecule has 0 radical (unpaired) electrons. The molecule has 3 rings (SSSR count). The average molecular weight is 380 g/mol. The number of halogens is 1. The van der Waals surface area contributed by atoms with Gasteiger partial charge in [0.2, 0.25) is 10.0 Å². The van der Waals surface area contributed by atoms with Crippen LogP contribution >= 0.6 is 0 Å². The van der Waals surface area contributed by atoms with Crippen molar-refractivity contribution in [1.29, 1.82) is 0 Å². The second kappa shape index (κ2) is 7.96. The van der Waals surface area contributed by atoms with E-state index >= 15 is 0 Å². The fourth-order valence-corrected chi connectivity index (χ4v) is 4.11. The second-order valence-electron chi connectivity index (χ2n) is 6.12. The van der Waals surface area contributed by atoms with E-state index in [9.17, 15) is 12.8 Å². The van der Waals surface area contributed by atoms with Crippen LogP contribution in [0.25, 0.3) is 0 Å². The lowest BCUT2D eigenvalue weighted by molar-refractivity contribution is 0.122. The summed E-state index contributed by atoms with van der Waals surface area (Å²) in [4.78, 5) is 10.5. The summed E-state index contributed by atoms with van der Waals surface area (Å²) in [5, 5.41) is 0. The fraction of sp³-hybridized carbons (Fsp3) is 0.412. The van der Waals surface area contributed by atoms with Crippen LogP contribution in [0.4, 0.5) is 16.0 Å². The Morgan fingerprint density at radius 2 is 1.92 bits per heavy atom. The van der Waals surface area contributed by atoms with Crippen LogP contribution in [0.1, 0.15) is 24.5 Å². The smallest absolute Gasteiger partial charge is 0.236 e. The molecule has 2 heterocycles. The van der Waals surface area contributed by atoms with Crippen molar-refractivity contribution in [2.45, 2.75) is 18.9 Å². The van der Waals surface area contributed by atoms with Gasteiger partial charge >= 0.3 is 0 Å². The maximum Gasteiger partial charge on any atom is 0.236 e. The van der Waals surface area contributed by atoms with Crippen molar-refractivity contribution in [1.82, 2.24) is 9.97 Å². The molecule has 0 spiro atoms. The number of benzene rings is 1. The van der Waals surface area contributed by atoms with Crippen molar-refractivity contribution >= 4 is 21.7 Å². The number of anilines is 2. The number of aromatic nitrogens is 2. The SMILES string of the molecule is COC(CS(=O)(=O)Nc1cncc(N2CCCC2)n1)c1ccc(F)cc1. The van der Waals surface area contributed by atoms with Gasteiger partial charge in [-0.2, -0.15) is 0 Å². The van der Waals surface area contributed by atoms with E-state index in [1.165, 1.54) is 37.6 Å². The van der Waals surface area contributed by atoms with Crippen molar-refractivity contribution < 1.29 is 17.5 Å². The Kier molecular flexibility index (Phi) is 5.67. The molecule has 1 N–H and O–H groups in total. The third-order valence-electron chi connectivity index (χ3n) is 4.21. The Hall–Kier alpha value is -2.26. The molecule has 0 saturated carbocycles. The van der Waals surface area contributed by atoms with E-state index in [0.29, 0.717) is 11.4 Å². The predicted octanol–water partition coefficient (Wildman–Crippen LogP) is 2.35. The topological polar surface area (TPSA) is 84.4 Å². The van der Waals surface area contributed by atoms with Gasteiger partial charge in [0.15, 0.2) is 5.82 Å². The maximum absolute atomic E-state index is 13.1.